The van der Waals surface area contributed by atoms with Gasteiger partial charge < -0.3 is 10.2 Å². The Balaban J connectivity index is 1.97. The van der Waals surface area contributed by atoms with Gasteiger partial charge in [0.05, 0.1) is 5.02 Å². The van der Waals surface area contributed by atoms with E-state index in [-0.39, 0.29) is 28.7 Å². The van der Waals surface area contributed by atoms with Gasteiger partial charge in [-0.05, 0) is 38.4 Å². The number of nitrogens with zero attached hydrogens (tertiary/aromatic N) is 4. The van der Waals surface area contributed by atoms with Crippen molar-refractivity contribution in [2.24, 2.45) is 4.40 Å². The Morgan fingerprint density at radius 2 is 2.14 bits per heavy atom. The number of halogens is 2. The minimum absolute atomic E-state index is 0.0212. The van der Waals surface area contributed by atoms with E-state index in [0.717, 1.165) is 10.4 Å². The van der Waals surface area contributed by atoms with Crippen LogP contribution < -0.4 is 5.32 Å². The SMILES string of the molecule is CN(C)CCN1C(C(=O)Nc2ccc(F)c(Cl)c2)=CC(c2nccs2)=NS1(=O)=O. The Morgan fingerprint density at radius 1 is 1.38 bits per heavy atom. The number of thiazole rings is 1. The molecule has 1 aliphatic rings. The highest BCUT2D eigenvalue weighted by molar-refractivity contribution is 7.88. The molecule has 0 atom stereocenters. The van der Waals surface area contributed by atoms with Gasteiger partial charge in [-0.25, -0.2) is 13.7 Å². The molecule has 0 bridgehead atoms. The van der Waals surface area contributed by atoms with Crippen molar-refractivity contribution in [3.05, 3.63) is 57.4 Å². The summed E-state index contributed by atoms with van der Waals surface area (Å²) in [5.41, 5.74) is 0.182. The van der Waals surface area contributed by atoms with Crippen LogP contribution in [0.15, 0.2) is 45.9 Å². The fourth-order valence-corrected chi connectivity index (χ4v) is 4.47. The van der Waals surface area contributed by atoms with E-state index >= 15 is 0 Å². The molecule has 1 aromatic carbocycles. The van der Waals surface area contributed by atoms with Crippen molar-refractivity contribution in [1.82, 2.24) is 14.2 Å². The second-order valence-corrected chi connectivity index (χ2v) is 9.10. The van der Waals surface area contributed by atoms with E-state index < -0.39 is 21.9 Å². The van der Waals surface area contributed by atoms with Gasteiger partial charge in [-0.2, -0.15) is 8.42 Å². The molecule has 1 aromatic heterocycles. The topological polar surface area (TPSA) is 95.0 Å². The van der Waals surface area contributed by atoms with Crippen LogP contribution in [-0.2, 0) is 15.0 Å². The molecular formula is C17H17ClFN5O3S2. The number of carbonyl (C=O) groups is 1. The summed E-state index contributed by atoms with van der Waals surface area (Å²) in [6.45, 7) is 0.391. The monoisotopic (exact) mass is 457 g/mol. The number of benzene rings is 1. The van der Waals surface area contributed by atoms with Gasteiger partial charge in [0.1, 0.15) is 22.2 Å². The average molecular weight is 458 g/mol. The summed E-state index contributed by atoms with van der Waals surface area (Å²) in [7, 11) is -0.585. The molecule has 0 saturated heterocycles. The van der Waals surface area contributed by atoms with Crippen LogP contribution >= 0.6 is 22.9 Å². The van der Waals surface area contributed by atoms with Crippen molar-refractivity contribution >= 4 is 50.5 Å². The average Bonchev–Trinajstić information content (AvgIpc) is 3.17. The molecule has 0 aliphatic carbocycles. The number of hydrogen-bond acceptors (Lipinski definition) is 6. The van der Waals surface area contributed by atoms with Crippen LogP contribution in [0.2, 0.25) is 5.02 Å². The minimum Gasteiger partial charge on any atom is -0.321 e. The van der Waals surface area contributed by atoms with Gasteiger partial charge in [0.15, 0.2) is 0 Å². The van der Waals surface area contributed by atoms with Crippen molar-refractivity contribution in [2.75, 3.05) is 32.5 Å². The molecule has 0 saturated carbocycles. The van der Waals surface area contributed by atoms with Crippen molar-refractivity contribution in [3.63, 3.8) is 0 Å². The standard InChI is InChI=1S/C17H17ClFN5O3S2/c1-23(2)6-7-24-15(16(25)21-11-3-4-13(19)12(18)9-11)10-14(22-29(24,26)27)17-20-5-8-28-17/h3-5,8-10H,6-7H2,1-2H3,(H,21,25). The second-order valence-electron chi connectivity index (χ2n) is 6.28. The number of likely N-dealkylation sites (N-methyl/N-ethyl adjacent to an activating group) is 1. The Labute approximate surface area is 176 Å². The van der Waals surface area contributed by atoms with Gasteiger partial charge in [-0.3, -0.25) is 4.79 Å². The molecule has 2 aromatic rings. The molecule has 1 N–H and O–H groups in total. The first-order valence-electron chi connectivity index (χ1n) is 8.33. The maximum absolute atomic E-state index is 13.4. The lowest BCUT2D eigenvalue weighted by atomic mass is 10.2. The number of nitrogens with one attached hydrogen (secondary N) is 1. The highest BCUT2D eigenvalue weighted by Gasteiger charge is 2.33. The summed E-state index contributed by atoms with van der Waals surface area (Å²) in [6, 6.07) is 3.68. The number of amides is 1. The predicted molar refractivity (Wildman–Crippen MR) is 111 cm³/mol. The molecule has 29 heavy (non-hydrogen) atoms. The van der Waals surface area contributed by atoms with E-state index in [4.69, 9.17) is 11.6 Å². The minimum atomic E-state index is -4.15. The van der Waals surface area contributed by atoms with E-state index in [1.54, 1.807) is 24.4 Å². The van der Waals surface area contributed by atoms with Crippen LogP contribution in [0.3, 0.4) is 0 Å². The fourth-order valence-electron chi connectivity index (χ4n) is 2.45. The summed E-state index contributed by atoms with van der Waals surface area (Å²) in [5, 5.41) is 4.44. The number of hydrogen-bond donors (Lipinski definition) is 1. The largest absolute Gasteiger partial charge is 0.345 e. The lowest BCUT2D eigenvalue weighted by molar-refractivity contribution is -0.113. The van der Waals surface area contributed by atoms with Crippen molar-refractivity contribution < 1.29 is 17.6 Å². The van der Waals surface area contributed by atoms with E-state index in [1.165, 1.54) is 35.7 Å². The maximum atomic E-state index is 13.4. The molecular weight excluding hydrogens is 441 g/mol. The first kappa shape index (κ1) is 21.4. The third kappa shape index (κ3) is 4.99. The predicted octanol–water partition coefficient (Wildman–Crippen LogP) is 2.37. The van der Waals surface area contributed by atoms with E-state index in [0.29, 0.717) is 11.6 Å². The molecule has 154 valence electrons. The zero-order valence-corrected chi connectivity index (χ0v) is 17.9. The van der Waals surface area contributed by atoms with E-state index in [1.807, 2.05) is 0 Å². The van der Waals surface area contributed by atoms with Gasteiger partial charge in [-0.1, -0.05) is 11.6 Å². The normalized spacial score (nSPS) is 15.8. The highest BCUT2D eigenvalue weighted by Crippen LogP contribution is 2.25. The summed E-state index contributed by atoms with van der Waals surface area (Å²) < 4.78 is 43.6. The zero-order valence-electron chi connectivity index (χ0n) is 15.5. The lowest BCUT2D eigenvalue weighted by Gasteiger charge is -2.28. The maximum Gasteiger partial charge on any atom is 0.345 e. The molecule has 1 aliphatic heterocycles. The molecule has 3 rings (SSSR count). The van der Waals surface area contributed by atoms with Gasteiger partial charge in [0.25, 0.3) is 5.91 Å². The van der Waals surface area contributed by atoms with E-state index in [9.17, 15) is 17.6 Å². The number of anilines is 1. The van der Waals surface area contributed by atoms with Crippen LogP contribution in [0, 0.1) is 5.82 Å². The second kappa shape index (κ2) is 8.57. The van der Waals surface area contributed by atoms with Crippen LogP contribution in [0.1, 0.15) is 5.01 Å². The molecule has 1 amide bonds. The summed E-state index contributed by atoms with van der Waals surface area (Å²) in [4.78, 5) is 18.8. The molecule has 0 radical (unpaired) electrons. The first-order chi connectivity index (χ1) is 13.7. The van der Waals surface area contributed by atoms with Gasteiger partial charge in [-0.15, -0.1) is 15.7 Å². The lowest BCUT2D eigenvalue weighted by Crippen LogP contribution is -2.41. The number of aromatic nitrogens is 1. The smallest absolute Gasteiger partial charge is 0.321 e. The first-order valence-corrected chi connectivity index (χ1v) is 11.0. The number of carbonyl (C=O) groups excluding carboxylic acids is 1. The fraction of sp³-hybridized carbons (Fsp3) is 0.235. The summed E-state index contributed by atoms with van der Waals surface area (Å²) >= 11 is 6.96. The van der Waals surface area contributed by atoms with Gasteiger partial charge in [0, 0.05) is 30.4 Å². The number of rotatable bonds is 6. The van der Waals surface area contributed by atoms with Crippen molar-refractivity contribution in [2.45, 2.75) is 0 Å². The van der Waals surface area contributed by atoms with Gasteiger partial charge >= 0.3 is 10.2 Å². The Hall–Kier alpha value is -2.34. The Morgan fingerprint density at radius 3 is 2.76 bits per heavy atom. The Bertz CT molecular complexity index is 1080. The van der Waals surface area contributed by atoms with Crippen LogP contribution in [0.4, 0.5) is 10.1 Å². The third-order valence-corrected chi connectivity index (χ3v) is 6.30. The molecule has 0 unspecified atom stereocenters. The van der Waals surface area contributed by atoms with Crippen molar-refractivity contribution in [1.29, 1.82) is 0 Å². The highest BCUT2D eigenvalue weighted by atomic mass is 35.5. The quantitative estimate of drug-likeness (QED) is 0.718. The molecule has 0 fully saturated rings. The molecule has 12 heteroatoms. The summed E-state index contributed by atoms with van der Waals surface area (Å²) in [6.07, 6.45) is 2.89. The third-order valence-electron chi connectivity index (χ3n) is 3.85. The zero-order chi connectivity index (χ0) is 21.2. The number of allylic oxidation sites excluding steroid dienone is 1. The molecule has 8 nitrogen and oxygen atoms in total. The molecule has 0 spiro atoms. The van der Waals surface area contributed by atoms with Gasteiger partial charge in [0.2, 0.25) is 0 Å². The molecule has 2 heterocycles. The van der Waals surface area contributed by atoms with Crippen LogP contribution in [0.25, 0.3) is 0 Å². The van der Waals surface area contributed by atoms with E-state index in [2.05, 4.69) is 14.7 Å². The van der Waals surface area contributed by atoms with Crippen LogP contribution in [-0.4, -0.2) is 61.4 Å². The van der Waals surface area contributed by atoms with Crippen molar-refractivity contribution in [3.8, 4) is 0 Å². The van der Waals surface area contributed by atoms with Crippen LogP contribution in [0.5, 0.6) is 0 Å². The Kier molecular flexibility index (Phi) is 6.32. The summed E-state index contributed by atoms with van der Waals surface area (Å²) in [5.74, 6) is -1.33.